The van der Waals surface area contributed by atoms with Crippen LogP contribution < -0.4 is 10.5 Å². The lowest BCUT2D eigenvalue weighted by atomic mass is 10.0. The summed E-state index contributed by atoms with van der Waals surface area (Å²) in [7, 11) is 0. The molecule has 0 aliphatic heterocycles. The van der Waals surface area contributed by atoms with Crippen LogP contribution in [0.2, 0.25) is 0 Å². The van der Waals surface area contributed by atoms with Crippen molar-refractivity contribution >= 4 is 23.5 Å². The van der Waals surface area contributed by atoms with E-state index < -0.39 is 35.5 Å². The van der Waals surface area contributed by atoms with Gasteiger partial charge in [0.25, 0.3) is 0 Å². The van der Waals surface area contributed by atoms with Crippen molar-refractivity contribution in [2.75, 3.05) is 13.2 Å². The van der Waals surface area contributed by atoms with E-state index in [-0.39, 0.29) is 23.0 Å². The lowest BCUT2D eigenvalue weighted by Gasteiger charge is -2.16. The third-order valence-electron chi connectivity index (χ3n) is 5.04. The molecule has 3 N–H and O–H groups in total. The molecule has 2 aromatic carbocycles. The Kier molecular flexibility index (Phi) is 11.3. The number of aliphatic hydroxyl groups is 1. The number of thioether (sulfide) groups is 1. The number of nitrogens with two attached hydrogens (primary N) is 1. The van der Waals surface area contributed by atoms with Crippen molar-refractivity contribution in [2.45, 2.75) is 49.8 Å². The number of aliphatic hydroxyl groups excluding tert-OH is 1. The summed E-state index contributed by atoms with van der Waals surface area (Å²) in [5, 5.41) is 15.5. The fourth-order valence-corrected chi connectivity index (χ4v) is 3.96. The van der Waals surface area contributed by atoms with Gasteiger partial charge in [0.05, 0.1) is 29.7 Å². The van der Waals surface area contributed by atoms with E-state index >= 15 is 0 Å². The highest BCUT2D eigenvalue weighted by Gasteiger charge is 2.35. The molecule has 0 bridgehead atoms. The van der Waals surface area contributed by atoms with Crippen molar-refractivity contribution < 1.29 is 36.2 Å². The number of halogens is 6. The van der Waals surface area contributed by atoms with Crippen molar-refractivity contribution in [1.29, 1.82) is 0 Å². The molecule has 0 saturated carbocycles. The van der Waals surface area contributed by atoms with Crippen LogP contribution in [0.3, 0.4) is 0 Å². The second-order valence-corrected chi connectivity index (χ2v) is 9.03. The van der Waals surface area contributed by atoms with Gasteiger partial charge in [-0.2, -0.15) is 31.4 Å². The average Bonchev–Trinajstić information content (AvgIpc) is 2.82. The first kappa shape index (κ1) is 29.7. The highest BCUT2D eigenvalue weighted by Crippen LogP contribution is 2.38. The van der Waals surface area contributed by atoms with E-state index in [9.17, 15) is 26.3 Å². The summed E-state index contributed by atoms with van der Waals surface area (Å²) < 4.78 is 84.1. The van der Waals surface area contributed by atoms with Gasteiger partial charge in [0.15, 0.2) is 0 Å². The summed E-state index contributed by atoms with van der Waals surface area (Å²) in [6, 6.07) is 8.49. The smallest absolute Gasteiger partial charge is 0.419 e. The fourth-order valence-electron chi connectivity index (χ4n) is 3.23. The van der Waals surface area contributed by atoms with Gasteiger partial charge in [0, 0.05) is 12.3 Å². The van der Waals surface area contributed by atoms with Gasteiger partial charge in [-0.3, -0.25) is 0 Å². The molecule has 0 heterocycles. The van der Waals surface area contributed by atoms with Gasteiger partial charge in [-0.05, 0) is 55.2 Å². The molecular formula is C24H27F6N3O2S. The molecule has 36 heavy (non-hydrogen) atoms. The first-order valence-corrected chi connectivity index (χ1v) is 11.9. The molecule has 2 aromatic rings. The maximum absolute atomic E-state index is 13.6. The molecule has 198 valence electrons. The monoisotopic (exact) mass is 535 g/mol. The minimum Gasteiger partial charge on any atom is -0.493 e. The molecule has 1 unspecified atom stereocenters. The van der Waals surface area contributed by atoms with Crippen LogP contribution in [0.5, 0.6) is 5.75 Å². The molecule has 0 saturated heterocycles. The molecule has 0 fully saturated rings. The van der Waals surface area contributed by atoms with Crippen molar-refractivity contribution in [3.8, 4) is 5.75 Å². The number of alkyl halides is 6. The summed E-state index contributed by atoms with van der Waals surface area (Å²) in [5.74, 6) is -0.321. The number of hydrogen-bond donors (Lipinski definition) is 2. The Morgan fingerprint density at radius 2 is 1.64 bits per heavy atom. The minimum absolute atomic E-state index is 0.0714. The number of benzene rings is 2. The predicted octanol–water partition coefficient (Wildman–Crippen LogP) is 6.28. The van der Waals surface area contributed by atoms with Gasteiger partial charge in [-0.15, -0.1) is 5.10 Å². The van der Waals surface area contributed by atoms with Gasteiger partial charge in [0.2, 0.25) is 0 Å². The molecular weight excluding hydrogens is 508 g/mol. The number of ether oxygens (including phenoxy) is 1. The van der Waals surface area contributed by atoms with Crippen LogP contribution in [0.15, 0.2) is 52.7 Å². The second kappa shape index (κ2) is 13.7. The average molecular weight is 536 g/mol. The summed E-state index contributed by atoms with van der Waals surface area (Å²) >= 11 is 0.863. The Morgan fingerprint density at radius 1 is 0.972 bits per heavy atom. The van der Waals surface area contributed by atoms with Crippen molar-refractivity contribution in [1.82, 2.24) is 0 Å². The van der Waals surface area contributed by atoms with Crippen LogP contribution in [-0.2, 0) is 18.8 Å². The highest BCUT2D eigenvalue weighted by molar-refractivity contribution is 8.14. The zero-order chi connectivity index (χ0) is 26.8. The topological polar surface area (TPSA) is 80.2 Å². The molecule has 0 aromatic heterocycles. The number of unbranched alkanes of at least 4 members (excludes halogenated alkanes) is 3. The molecule has 0 aliphatic carbocycles. The molecule has 0 radical (unpaired) electrons. The van der Waals surface area contributed by atoms with Gasteiger partial charge >= 0.3 is 12.4 Å². The summed E-state index contributed by atoms with van der Waals surface area (Å²) in [4.78, 5) is 0. The van der Waals surface area contributed by atoms with Crippen LogP contribution >= 0.6 is 11.8 Å². The first-order chi connectivity index (χ1) is 17.0. The van der Waals surface area contributed by atoms with E-state index in [1.807, 2.05) is 0 Å². The Morgan fingerprint density at radius 3 is 2.22 bits per heavy atom. The summed E-state index contributed by atoms with van der Waals surface area (Å²) in [6.07, 6.45) is -5.73. The number of rotatable bonds is 12. The van der Waals surface area contributed by atoms with E-state index in [4.69, 9.17) is 15.6 Å². The van der Waals surface area contributed by atoms with Crippen LogP contribution in [0.25, 0.3) is 0 Å². The molecule has 12 heteroatoms. The zero-order valence-electron chi connectivity index (χ0n) is 19.3. The quantitative estimate of drug-likeness (QED) is 0.0838. The van der Waals surface area contributed by atoms with Gasteiger partial charge in [-0.1, -0.05) is 36.7 Å². The van der Waals surface area contributed by atoms with Crippen LogP contribution in [0.1, 0.15) is 47.9 Å². The maximum Gasteiger partial charge on any atom is 0.419 e. The van der Waals surface area contributed by atoms with Crippen LogP contribution in [0, 0.1) is 0 Å². The zero-order valence-corrected chi connectivity index (χ0v) is 20.1. The third kappa shape index (κ3) is 9.47. The van der Waals surface area contributed by atoms with Crippen molar-refractivity contribution in [3.63, 3.8) is 0 Å². The molecule has 0 amide bonds. The Labute approximate surface area is 209 Å². The summed E-state index contributed by atoms with van der Waals surface area (Å²) in [6.45, 7) is 2.87. The number of aryl methyl sites for hydroxylation is 1. The standard InChI is InChI=1S/C24H27F6N3O2S/c1-32-33-22(36-21(31)15-34)17-9-12-20(19(14-17)24(28,29)30)35-13-5-3-2-4-6-16-7-10-18(11-8-16)23(25,26)27/h7-12,14,21,34H,1-6,13,15,31H2/b33-22-. The second-order valence-electron chi connectivity index (χ2n) is 7.80. The Hall–Kier alpha value is -2.57. The fraction of sp³-hybridized carbons (Fsp3) is 0.417. The van der Waals surface area contributed by atoms with E-state index in [0.717, 1.165) is 48.4 Å². The molecule has 0 spiro atoms. The maximum atomic E-state index is 13.6. The van der Waals surface area contributed by atoms with Gasteiger partial charge in [0.1, 0.15) is 10.8 Å². The normalized spacial score (nSPS) is 13.5. The lowest BCUT2D eigenvalue weighted by molar-refractivity contribution is -0.139. The summed E-state index contributed by atoms with van der Waals surface area (Å²) in [5.41, 5.74) is 4.88. The van der Waals surface area contributed by atoms with E-state index in [2.05, 4.69) is 16.9 Å². The third-order valence-corrected chi connectivity index (χ3v) is 6.03. The SMILES string of the molecule is C=N/N=C(\SC(N)CO)c1ccc(OCCCCCCc2ccc(C(F)(F)F)cc2)c(C(F)(F)F)c1. The van der Waals surface area contributed by atoms with Crippen LogP contribution in [0.4, 0.5) is 26.3 Å². The highest BCUT2D eigenvalue weighted by atomic mass is 32.2. The predicted molar refractivity (Wildman–Crippen MR) is 129 cm³/mol. The largest absolute Gasteiger partial charge is 0.493 e. The van der Waals surface area contributed by atoms with Crippen molar-refractivity contribution in [3.05, 3.63) is 64.7 Å². The molecule has 5 nitrogen and oxygen atoms in total. The molecule has 0 aliphatic rings. The van der Waals surface area contributed by atoms with E-state index in [1.165, 1.54) is 24.3 Å². The molecule has 2 rings (SSSR count). The van der Waals surface area contributed by atoms with Gasteiger partial charge in [-0.25, -0.2) is 0 Å². The lowest BCUT2D eigenvalue weighted by Crippen LogP contribution is -2.22. The van der Waals surface area contributed by atoms with E-state index in [0.29, 0.717) is 19.3 Å². The number of nitrogens with zero attached hydrogens (tertiary/aromatic N) is 2. The van der Waals surface area contributed by atoms with Crippen LogP contribution in [-0.4, -0.2) is 35.5 Å². The first-order valence-electron chi connectivity index (χ1n) is 11.0. The number of hydrogen-bond acceptors (Lipinski definition) is 6. The minimum atomic E-state index is -4.68. The Balaban J connectivity index is 1.89. The molecule has 1 atom stereocenters. The van der Waals surface area contributed by atoms with Gasteiger partial charge < -0.3 is 15.6 Å². The Bertz CT molecular complexity index is 1010. The van der Waals surface area contributed by atoms with Crippen molar-refractivity contribution in [2.24, 2.45) is 15.9 Å². The van der Waals surface area contributed by atoms with E-state index in [1.54, 1.807) is 0 Å².